The normalized spacial score (nSPS) is 15.8. The third-order valence-electron chi connectivity index (χ3n) is 3.02. The summed E-state index contributed by atoms with van der Waals surface area (Å²) in [4.78, 5) is 11.9. The first kappa shape index (κ1) is 8.72. The van der Waals surface area contributed by atoms with Crippen molar-refractivity contribution in [3.05, 3.63) is 35.6 Å². The van der Waals surface area contributed by atoms with Crippen LogP contribution in [0.15, 0.2) is 28.7 Å². The fourth-order valence-corrected chi connectivity index (χ4v) is 1.94. The van der Waals surface area contributed by atoms with Crippen molar-refractivity contribution in [2.24, 2.45) is 5.92 Å². The van der Waals surface area contributed by atoms with E-state index in [0.29, 0.717) is 5.76 Å². The molecule has 0 unspecified atom stereocenters. The van der Waals surface area contributed by atoms with E-state index in [9.17, 15) is 4.79 Å². The standard InChI is InChI=1S/C13H12O2/c1-8-10-4-2-3-5-11(10)15-13(8)12(14)9-6-7-9/h2-5,9H,6-7H2,1H3. The molecule has 0 N–H and O–H groups in total. The van der Waals surface area contributed by atoms with Gasteiger partial charge in [0.15, 0.2) is 5.76 Å². The summed E-state index contributed by atoms with van der Waals surface area (Å²) in [6.07, 6.45) is 2.05. The van der Waals surface area contributed by atoms with Gasteiger partial charge in [-0.25, -0.2) is 0 Å². The molecule has 1 fully saturated rings. The molecule has 1 heterocycles. The van der Waals surface area contributed by atoms with Crippen LogP contribution in [0, 0.1) is 12.8 Å². The molecule has 0 atom stereocenters. The van der Waals surface area contributed by atoms with Gasteiger partial charge in [-0.1, -0.05) is 18.2 Å². The number of furan rings is 1. The van der Waals surface area contributed by atoms with Gasteiger partial charge in [0, 0.05) is 16.9 Å². The van der Waals surface area contributed by atoms with E-state index in [2.05, 4.69) is 0 Å². The summed E-state index contributed by atoms with van der Waals surface area (Å²) in [7, 11) is 0. The van der Waals surface area contributed by atoms with Crippen molar-refractivity contribution in [2.45, 2.75) is 19.8 Å². The Morgan fingerprint density at radius 1 is 1.33 bits per heavy atom. The van der Waals surface area contributed by atoms with Crippen molar-refractivity contribution in [1.29, 1.82) is 0 Å². The maximum Gasteiger partial charge on any atom is 0.201 e. The lowest BCUT2D eigenvalue weighted by atomic mass is 10.1. The summed E-state index contributed by atoms with van der Waals surface area (Å²) < 4.78 is 5.61. The van der Waals surface area contributed by atoms with E-state index in [1.165, 1.54) is 0 Å². The molecule has 0 radical (unpaired) electrons. The Hall–Kier alpha value is -1.57. The highest BCUT2D eigenvalue weighted by Gasteiger charge is 2.33. The van der Waals surface area contributed by atoms with Crippen molar-refractivity contribution in [3.8, 4) is 0 Å². The fourth-order valence-electron chi connectivity index (χ4n) is 1.94. The van der Waals surface area contributed by atoms with E-state index in [1.54, 1.807) is 0 Å². The molecular weight excluding hydrogens is 188 g/mol. The number of benzene rings is 1. The van der Waals surface area contributed by atoms with Crippen LogP contribution in [0.4, 0.5) is 0 Å². The molecule has 15 heavy (non-hydrogen) atoms. The van der Waals surface area contributed by atoms with E-state index < -0.39 is 0 Å². The van der Waals surface area contributed by atoms with Crippen molar-refractivity contribution >= 4 is 16.8 Å². The van der Waals surface area contributed by atoms with Crippen LogP contribution in [0.2, 0.25) is 0 Å². The number of fused-ring (bicyclic) bond motifs is 1. The van der Waals surface area contributed by atoms with Crippen LogP contribution >= 0.6 is 0 Å². The maximum absolute atomic E-state index is 11.9. The third kappa shape index (κ3) is 1.29. The third-order valence-corrected chi connectivity index (χ3v) is 3.02. The monoisotopic (exact) mass is 200 g/mol. The van der Waals surface area contributed by atoms with Gasteiger partial charge < -0.3 is 4.42 Å². The average Bonchev–Trinajstić information content (AvgIpc) is 3.04. The highest BCUT2D eigenvalue weighted by atomic mass is 16.3. The molecule has 1 saturated carbocycles. The summed E-state index contributed by atoms with van der Waals surface area (Å²) in [5.41, 5.74) is 1.81. The lowest BCUT2D eigenvalue weighted by Crippen LogP contribution is -2.00. The molecule has 1 aliphatic rings. The Morgan fingerprint density at radius 2 is 2.07 bits per heavy atom. The van der Waals surface area contributed by atoms with Crippen LogP contribution in [0.5, 0.6) is 0 Å². The van der Waals surface area contributed by atoms with Crippen LogP contribution < -0.4 is 0 Å². The SMILES string of the molecule is Cc1c(C(=O)C2CC2)oc2ccccc12. The molecule has 0 bridgehead atoms. The molecule has 2 heteroatoms. The topological polar surface area (TPSA) is 30.2 Å². The quantitative estimate of drug-likeness (QED) is 0.696. The number of Topliss-reactive ketones (excluding diaryl/α,β-unsaturated/α-hetero) is 1. The van der Waals surface area contributed by atoms with E-state index in [4.69, 9.17) is 4.42 Å². The smallest absolute Gasteiger partial charge is 0.201 e. The molecule has 0 saturated heterocycles. The molecule has 1 aromatic heterocycles. The Bertz CT molecular complexity index is 532. The number of rotatable bonds is 2. The number of carbonyl (C=O) groups is 1. The summed E-state index contributed by atoms with van der Waals surface area (Å²) in [5.74, 6) is 0.978. The summed E-state index contributed by atoms with van der Waals surface area (Å²) in [6, 6.07) is 7.80. The number of hydrogen-bond acceptors (Lipinski definition) is 2. The second-order valence-corrected chi connectivity index (χ2v) is 4.19. The Labute approximate surface area is 87.9 Å². The van der Waals surface area contributed by atoms with Crippen LogP contribution in [-0.2, 0) is 0 Å². The van der Waals surface area contributed by atoms with Gasteiger partial charge in [-0.3, -0.25) is 4.79 Å². The Morgan fingerprint density at radius 3 is 2.73 bits per heavy atom. The molecule has 1 aliphatic carbocycles. The van der Waals surface area contributed by atoms with Crippen molar-refractivity contribution in [2.75, 3.05) is 0 Å². The predicted octanol–water partition coefficient (Wildman–Crippen LogP) is 3.33. The van der Waals surface area contributed by atoms with Gasteiger partial charge in [0.2, 0.25) is 5.78 Å². The second kappa shape index (κ2) is 2.96. The lowest BCUT2D eigenvalue weighted by Gasteiger charge is -1.93. The second-order valence-electron chi connectivity index (χ2n) is 4.19. The lowest BCUT2D eigenvalue weighted by molar-refractivity contribution is 0.0941. The first-order valence-electron chi connectivity index (χ1n) is 5.29. The van der Waals surface area contributed by atoms with Crippen molar-refractivity contribution in [1.82, 2.24) is 0 Å². The average molecular weight is 200 g/mol. The van der Waals surface area contributed by atoms with E-state index in [-0.39, 0.29) is 11.7 Å². The maximum atomic E-state index is 11.9. The van der Waals surface area contributed by atoms with Crippen molar-refractivity contribution < 1.29 is 9.21 Å². The summed E-state index contributed by atoms with van der Waals surface area (Å²) >= 11 is 0. The molecule has 0 amide bonds. The highest BCUT2D eigenvalue weighted by Crippen LogP contribution is 2.35. The zero-order valence-corrected chi connectivity index (χ0v) is 8.62. The van der Waals surface area contributed by atoms with Crippen LogP contribution in [0.3, 0.4) is 0 Å². The molecule has 1 aromatic carbocycles. The Balaban J connectivity index is 2.18. The number of hydrogen-bond donors (Lipinski definition) is 0. The molecular formula is C13H12O2. The number of carbonyl (C=O) groups excluding carboxylic acids is 1. The molecule has 2 aromatic rings. The minimum Gasteiger partial charge on any atom is -0.453 e. The first-order chi connectivity index (χ1) is 7.27. The fraction of sp³-hybridized carbons (Fsp3) is 0.308. The van der Waals surface area contributed by atoms with Crippen LogP contribution in [0.25, 0.3) is 11.0 Å². The van der Waals surface area contributed by atoms with Crippen LogP contribution in [-0.4, -0.2) is 5.78 Å². The summed E-state index contributed by atoms with van der Waals surface area (Å²) in [5, 5.41) is 1.06. The largest absolute Gasteiger partial charge is 0.453 e. The van der Waals surface area contributed by atoms with Gasteiger partial charge in [-0.15, -0.1) is 0 Å². The molecule has 0 spiro atoms. The molecule has 2 nitrogen and oxygen atoms in total. The number of aryl methyl sites for hydroxylation is 1. The molecule has 0 aliphatic heterocycles. The molecule has 76 valence electrons. The van der Waals surface area contributed by atoms with Crippen molar-refractivity contribution in [3.63, 3.8) is 0 Å². The van der Waals surface area contributed by atoms with Gasteiger partial charge in [-0.05, 0) is 25.8 Å². The van der Waals surface area contributed by atoms with Gasteiger partial charge >= 0.3 is 0 Å². The van der Waals surface area contributed by atoms with Crippen LogP contribution in [0.1, 0.15) is 29.0 Å². The van der Waals surface area contributed by atoms with E-state index in [1.807, 2.05) is 31.2 Å². The summed E-state index contributed by atoms with van der Waals surface area (Å²) in [6.45, 7) is 1.96. The minimum atomic E-state index is 0.184. The van der Waals surface area contributed by atoms with Gasteiger partial charge in [-0.2, -0.15) is 0 Å². The van der Waals surface area contributed by atoms with Gasteiger partial charge in [0.1, 0.15) is 5.58 Å². The van der Waals surface area contributed by atoms with Gasteiger partial charge in [0.25, 0.3) is 0 Å². The van der Waals surface area contributed by atoms with E-state index in [0.717, 1.165) is 29.4 Å². The zero-order chi connectivity index (χ0) is 10.4. The molecule has 3 rings (SSSR count). The Kier molecular flexibility index (Phi) is 1.72. The number of para-hydroxylation sites is 1. The van der Waals surface area contributed by atoms with Gasteiger partial charge in [0.05, 0.1) is 0 Å². The highest BCUT2D eigenvalue weighted by molar-refractivity contribution is 6.02. The minimum absolute atomic E-state index is 0.184. The zero-order valence-electron chi connectivity index (χ0n) is 8.62. The van der Waals surface area contributed by atoms with E-state index >= 15 is 0 Å². The number of ketones is 1. The predicted molar refractivity (Wildman–Crippen MR) is 58.0 cm³/mol. The first-order valence-corrected chi connectivity index (χ1v) is 5.29.